The van der Waals surface area contributed by atoms with Crippen LogP contribution in [0.5, 0.6) is 0 Å². The van der Waals surface area contributed by atoms with Crippen molar-refractivity contribution in [2.75, 3.05) is 0 Å². The fourth-order valence-electron chi connectivity index (χ4n) is 2.57. The average molecular weight is 360 g/mol. The van der Waals surface area contributed by atoms with Crippen LogP contribution in [0.3, 0.4) is 0 Å². The van der Waals surface area contributed by atoms with Gasteiger partial charge in [-0.2, -0.15) is 9.78 Å². The largest absolute Gasteiger partial charge is 0.442 e. The Morgan fingerprint density at radius 2 is 1.67 bits per heavy atom. The van der Waals surface area contributed by atoms with Crippen molar-refractivity contribution in [2.45, 2.75) is 33.3 Å². The summed E-state index contributed by atoms with van der Waals surface area (Å²) in [4.78, 5) is 12.6. The van der Waals surface area contributed by atoms with Crippen molar-refractivity contribution >= 4 is 18.2 Å². The molecular formula is C23H24N2O2. The molecule has 138 valence electrons. The van der Waals surface area contributed by atoms with E-state index in [2.05, 4.69) is 24.2 Å². The van der Waals surface area contributed by atoms with Crippen molar-refractivity contribution in [1.82, 2.24) is 9.78 Å². The maximum absolute atomic E-state index is 12.6. The predicted octanol–water partition coefficient (Wildman–Crippen LogP) is 5.81. The summed E-state index contributed by atoms with van der Waals surface area (Å²) in [5, 5.41) is 4.48. The van der Waals surface area contributed by atoms with Gasteiger partial charge in [-0.15, -0.1) is 0 Å². The summed E-state index contributed by atoms with van der Waals surface area (Å²) in [5.41, 5.74) is 4.02. The minimum absolute atomic E-state index is 0.492. The molecule has 0 spiro atoms. The van der Waals surface area contributed by atoms with Gasteiger partial charge in [0.1, 0.15) is 5.60 Å². The first-order chi connectivity index (χ1) is 12.8. The summed E-state index contributed by atoms with van der Waals surface area (Å²) in [5.74, 6) is 0. The first-order valence-corrected chi connectivity index (χ1v) is 8.95. The minimum atomic E-state index is -0.589. The second-order valence-electron chi connectivity index (χ2n) is 7.46. The van der Waals surface area contributed by atoms with E-state index in [4.69, 9.17) is 4.74 Å². The van der Waals surface area contributed by atoms with Crippen molar-refractivity contribution < 1.29 is 9.53 Å². The fraction of sp³-hybridized carbons (Fsp3) is 0.217. The molecule has 0 saturated heterocycles. The molecule has 0 atom stereocenters. The molecule has 0 unspecified atom stereocenters. The summed E-state index contributed by atoms with van der Waals surface area (Å²) in [6, 6.07) is 19.9. The van der Waals surface area contributed by atoms with Gasteiger partial charge < -0.3 is 4.74 Å². The third-order valence-corrected chi connectivity index (χ3v) is 3.90. The van der Waals surface area contributed by atoms with Crippen LogP contribution in [0.2, 0.25) is 0 Å². The zero-order valence-corrected chi connectivity index (χ0v) is 16.1. The van der Waals surface area contributed by atoms with Crippen LogP contribution < -0.4 is 0 Å². The molecule has 4 nitrogen and oxygen atoms in total. The lowest BCUT2D eigenvalue weighted by atomic mass is 10.1. The van der Waals surface area contributed by atoms with E-state index in [1.54, 1.807) is 0 Å². The summed E-state index contributed by atoms with van der Waals surface area (Å²) < 4.78 is 6.83. The van der Waals surface area contributed by atoms with E-state index >= 15 is 0 Å². The highest BCUT2D eigenvalue weighted by Crippen LogP contribution is 2.21. The molecule has 2 aromatic carbocycles. The van der Waals surface area contributed by atoms with Crippen molar-refractivity contribution in [3.63, 3.8) is 0 Å². The van der Waals surface area contributed by atoms with Crippen LogP contribution in [0.25, 0.3) is 23.4 Å². The molecule has 0 bridgehead atoms. The van der Waals surface area contributed by atoms with Crippen LogP contribution in [0.1, 0.15) is 37.6 Å². The number of carbonyl (C=O) groups excluding carboxylic acids is 1. The van der Waals surface area contributed by atoms with Crippen molar-refractivity contribution in [3.05, 3.63) is 77.5 Å². The van der Waals surface area contributed by atoms with E-state index < -0.39 is 11.7 Å². The molecule has 1 aromatic heterocycles. The van der Waals surface area contributed by atoms with Crippen molar-refractivity contribution in [2.24, 2.45) is 0 Å². The first kappa shape index (κ1) is 18.6. The smallest absolute Gasteiger partial charge is 0.435 e. The zero-order valence-electron chi connectivity index (χ0n) is 16.1. The van der Waals surface area contributed by atoms with Gasteiger partial charge in [-0.3, -0.25) is 0 Å². The van der Waals surface area contributed by atoms with Crippen molar-refractivity contribution in [1.29, 1.82) is 0 Å². The number of nitrogens with zero attached hydrogens (tertiary/aromatic N) is 2. The van der Waals surface area contributed by atoms with E-state index in [0.29, 0.717) is 5.69 Å². The van der Waals surface area contributed by atoms with Crippen LogP contribution in [-0.4, -0.2) is 21.5 Å². The Bertz CT molecular complexity index is 946. The number of aryl methyl sites for hydroxylation is 1. The summed E-state index contributed by atoms with van der Waals surface area (Å²) in [6.07, 6.45) is 3.35. The number of benzene rings is 2. The van der Waals surface area contributed by atoms with Gasteiger partial charge in [-0.25, -0.2) is 4.79 Å². The Kier molecular flexibility index (Phi) is 5.26. The number of rotatable bonds is 3. The Labute approximate surface area is 160 Å². The van der Waals surface area contributed by atoms with Gasteiger partial charge in [-0.1, -0.05) is 66.2 Å². The molecule has 3 aromatic rings. The Morgan fingerprint density at radius 3 is 2.30 bits per heavy atom. The molecule has 1 heterocycles. The lowest BCUT2D eigenvalue weighted by Gasteiger charge is -2.19. The Morgan fingerprint density at radius 1 is 1.00 bits per heavy atom. The highest BCUT2D eigenvalue weighted by Gasteiger charge is 2.21. The van der Waals surface area contributed by atoms with Crippen molar-refractivity contribution in [3.8, 4) is 11.3 Å². The van der Waals surface area contributed by atoms with E-state index in [-0.39, 0.29) is 0 Å². The average Bonchev–Trinajstić information content (AvgIpc) is 3.05. The van der Waals surface area contributed by atoms with E-state index in [0.717, 1.165) is 16.8 Å². The predicted molar refractivity (Wildman–Crippen MR) is 109 cm³/mol. The van der Waals surface area contributed by atoms with Gasteiger partial charge in [0, 0.05) is 5.56 Å². The summed E-state index contributed by atoms with van der Waals surface area (Å²) in [7, 11) is 0. The molecule has 0 aliphatic heterocycles. The lowest BCUT2D eigenvalue weighted by Crippen LogP contribution is -2.28. The Balaban J connectivity index is 1.98. The molecule has 0 radical (unpaired) electrons. The van der Waals surface area contributed by atoms with Gasteiger partial charge in [-0.05, 0) is 45.4 Å². The molecule has 27 heavy (non-hydrogen) atoms. The second kappa shape index (κ2) is 7.62. The molecule has 0 aliphatic rings. The minimum Gasteiger partial charge on any atom is -0.442 e. The monoisotopic (exact) mass is 360 g/mol. The number of aromatic nitrogens is 2. The molecule has 0 fully saturated rings. The van der Waals surface area contributed by atoms with E-state index in [1.807, 2.05) is 81.5 Å². The number of carbonyl (C=O) groups is 1. The highest BCUT2D eigenvalue weighted by molar-refractivity contribution is 5.79. The molecule has 3 rings (SSSR count). The first-order valence-electron chi connectivity index (χ1n) is 8.95. The maximum atomic E-state index is 12.6. The molecular weight excluding hydrogens is 336 g/mol. The third kappa shape index (κ3) is 4.94. The van der Waals surface area contributed by atoms with Gasteiger partial charge >= 0.3 is 6.09 Å². The molecule has 0 amide bonds. The molecule has 0 aliphatic carbocycles. The van der Waals surface area contributed by atoms with Gasteiger partial charge in [0.15, 0.2) is 0 Å². The summed E-state index contributed by atoms with van der Waals surface area (Å²) in [6.45, 7) is 7.58. The number of hydrogen-bond acceptors (Lipinski definition) is 3. The fourth-order valence-corrected chi connectivity index (χ4v) is 2.57. The van der Waals surface area contributed by atoms with Crippen LogP contribution >= 0.6 is 0 Å². The standard InChI is InChI=1S/C23H24N2O2/c1-17-10-12-18(13-11-17)14-15-20-16-21(19-8-6-5-7-9-19)24-25(20)22(26)27-23(2,3)4/h5-16H,1-4H3/b15-14+. The quantitative estimate of drug-likeness (QED) is 0.592. The summed E-state index contributed by atoms with van der Waals surface area (Å²) >= 11 is 0. The van der Waals surface area contributed by atoms with E-state index in [1.165, 1.54) is 10.2 Å². The second-order valence-corrected chi connectivity index (χ2v) is 7.46. The van der Waals surface area contributed by atoms with Crippen LogP contribution in [0, 0.1) is 6.92 Å². The van der Waals surface area contributed by atoms with Crippen LogP contribution in [-0.2, 0) is 4.74 Å². The van der Waals surface area contributed by atoms with Crippen LogP contribution in [0.4, 0.5) is 4.79 Å². The third-order valence-electron chi connectivity index (χ3n) is 3.90. The Hall–Kier alpha value is -3.14. The molecule has 0 N–H and O–H groups in total. The topological polar surface area (TPSA) is 44.1 Å². The highest BCUT2D eigenvalue weighted by atomic mass is 16.6. The number of hydrogen-bond donors (Lipinski definition) is 0. The molecule has 0 saturated carbocycles. The SMILES string of the molecule is Cc1ccc(/C=C/c2cc(-c3ccccc3)nn2C(=O)OC(C)(C)C)cc1. The van der Waals surface area contributed by atoms with E-state index in [9.17, 15) is 4.79 Å². The normalized spacial score (nSPS) is 11.7. The van der Waals surface area contributed by atoms with Gasteiger partial charge in [0.25, 0.3) is 0 Å². The molecule has 4 heteroatoms. The van der Waals surface area contributed by atoms with Gasteiger partial charge in [0.2, 0.25) is 0 Å². The van der Waals surface area contributed by atoms with Crippen LogP contribution in [0.15, 0.2) is 60.7 Å². The lowest BCUT2D eigenvalue weighted by molar-refractivity contribution is 0.0514. The maximum Gasteiger partial charge on any atom is 0.435 e. The zero-order chi connectivity index (χ0) is 19.4. The number of ether oxygens (including phenoxy) is 1. The van der Waals surface area contributed by atoms with Gasteiger partial charge in [0.05, 0.1) is 11.4 Å².